The van der Waals surface area contributed by atoms with Crippen molar-refractivity contribution in [3.05, 3.63) is 22.3 Å². The summed E-state index contributed by atoms with van der Waals surface area (Å²) in [7, 11) is 0. The molecule has 0 amide bonds. The molecule has 0 heterocycles. The van der Waals surface area contributed by atoms with Gasteiger partial charge in [-0.2, -0.15) is 0 Å². The summed E-state index contributed by atoms with van der Waals surface area (Å²) in [6.45, 7) is 13.0. The van der Waals surface area contributed by atoms with Crippen LogP contribution in [0.15, 0.2) is 22.3 Å². The minimum atomic E-state index is 1.35. The Morgan fingerprint density at radius 3 is 0.722 bits per heavy atom. The first-order valence-electron chi connectivity index (χ1n) is 7.91. The summed E-state index contributed by atoms with van der Waals surface area (Å²) in [4.78, 5) is 0. The predicted octanol–water partition coefficient (Wildman–Crippen LogP) is 6.82. The van der Waals surface area contributed by atoms with Gasteiger partial charge in [0, 0.05) is 0 Å². The normalized spacial score (nSPS) is 19.7. The van der Waals surface area contributed by atoms with E-state index in [0.29, 0.717) is 0 Å². The van der Waals surface area contributed by atoms with Crippen molar-refractivity contribution < 1.29 is 0 Å². The van der Waals surface area contributed by atoms with E-state index in [9.17, 15) is 0 Å². The summed E-state index contributed by atoms with van der Waals surface area (Å²) in [5.74, 6) is 0. The highest BCUT2D eigenvalue weighted by atomic mass is 14.1. The van der Waals surface area contributed by atoms with Crippen molar-refractivity contribution in [2.24, 2.45) is 0 Å². The molecule has 0 aromatic rings. The highest BCUT2D eigenvalue weighted by molar-refractivity contribution is 5.12. The third-order valence-electron chi connectivity index (χ3n) is 4.16. The molecule has 106 valence electrons. The average Bonchev–Trinajstić information content (AvgIpc) is 2.40. The minimum Gasteiger partial charge on any atom is -0.0744 e. The van der Waals surface area contributed by atoms with Gasteiger partial charge in [0.1, 0.15) is 0 Å². The van der Waals surface area contributed by atoms with E-state index in [2.05, 4.69) is 27.7 Å². The Balaban J connectivity index is 0.000000283. The summed E-state index contributed by atoms with van der Waals surface area (Å²) in [5.41, 5.74) is 6.54. The molecule has 2 aliphatic rings. The lowest BCUT2D eigenvalue weighted by atomic mass is 9.94. The number of hydrogen-bond acceptors (Lipinski definition) is 0. The largest absolute Gasteiger partial charge is 0.0744 e. The lowest BCUT2D eigenvalue weighted by Crippen LogP contribution is -1.92. The van der Waals surface area contributed by atoms with E-state index >= 15 is 0 Å². The van der Waals surface area contributed by atoms with Crippen LogP contribution < -0.4 is 0 Å². The molecule has 0 fully saturated rings. The van der Waals surface area contributed by atoms with Gasteiger partial charge in [-0.05, 0) is 79.1 Å². The summed E-state index contributed by atoms with van der Waals surface area (Å²) in [6, 6.07) is 0. The molecule has 2 rings (SSSR count). The summed E-state index contributed by atoms with van der Waals surface area (Å²) in [6.07, 6.45) is 11.1. The van der Waals surface area contributed by atoms with Gasteiger partial charge in [-0.1, -0.05) is 36.1 Å². The van der Waals surface area contributed by atoms with E-state index in [1.807, 2.05) is 13.8 Å². The Morgan fingerprint density at radius 2 is 0.611 bits per heavy atom. The van der Waals surface area contributed by atoms with E-state index < -0.39 is 0 Å². The molecule has 0 aliphatic heterocycles. The maximum Gasteiger partial charge on any atom is -0.0320 e. The van der Waals surface area contributed by atoms with E-state index in [1.54, 1.807) is 22.3 Å². The molecular weight excluding hydrogens is 216 g/mol. The molecule has 0 spiro atoms. The van der Waals surface area contributed by atoms with Crippen molar-refractivity contribution in [1.29, 1.82) is 0 Å². The smallest absolute Gasteiger partial charge is 0.0320 e. The van der Waals surface area contributed by atoms with E-state index in [0.717, 1.165) is 0 Å². The zero-order chi connectivity index (χ0) is 14.0. The molecule has 0 saturated carbocycles. The maximum absolute atomic E-state index is 2.26. The van der Waals surface area contributed by atoms with Gasteiger partial charge >= 0.3 is 0 Å². The number of hydrogen-bond donors (Lipinski definition) is 0. The third kappa shape index (κ3) is 7.03. The molecule has 0 aromatic carbocycles. The maximum atomic E-state index is 2.26. The van der Waals surface area contributed by atoms with Gasteiger partial charge in [-0.3, -0.25) is 0 Å². The monoisotopic (exact) mass is 250 g/mol. The second-order valence-corrected chi connectivity index (χ2v) is 5.54. The summed E-state index contributed by atoms with van der Waals surface area (Å²) in [5, 5.41) is 0. The zero-order valence-corrected chi connectivity index (χ0v) is 13.7. The minimum absolute atomic E-state index is 1.35. The van der Waals surface area contributed by atoms with Crippen molar-refractivity contribution in [2.45, 2.75) is 92.9 Å². The first-order chi connectivity index (χ1) is 8.61. The van der Waals surface area contributed by atoms with Crippen molar-refractivity contribution in [3.63, 3.8) is 0 Å². The molecule has 0 heteroatoms. The summed E-state index contributed by atoms with van der Waals surface area (Å²) < 4.78 is 0. The fourth-order valence-electron chi connectivity index (χ4n) is 2.41. The van der Waals surface area contributed by atoms with Crippen LogP contribution in [0.3, 0.4) is 0 Å². The lowest BCUT2D eigenvalue weighted by Gasteiger charge is -2.12. The van der Waals surface area contributed by atoms with Gasteiger partial charge in [-0.15, -0.1) is 0 Å². The van der Waals surface area contributed by atoms with Gasteiger partial charge in [-0.25, -0.2) is 0 Å². The highest BCUT2D eigenvalue weighted by Gasteiger charge is 2.03. The van der Waals surface area contributed by atoms with Crippen molar-refractivity contribution >= 4 is 0 Å². The average molecular weight is 250 g/mol. The van der Waals surface area contributed by atoms with Crippen LogP contribution in [0.4, 0.5) is 0 Å². The van der Waals surface area contributed by atoms with E-state index in [1.165, 1.54) is 51.4 Å². The van der Waals surface area contributed by atoms with Gasteiger partial charge in [0.05, 0.1) is 0 Å². The van der Waals surface area contributed by atoms with Gasteiger partial charge in [0.2, 0.25) is 0 Å². The molecule has 0 unspecified atom stereocenters. The standard InChI is InChI=1S/2C8H14.C2H6/c2*1-7-5-3-4-6-8(7)2;1-2/h2*3-6H2,1-2H3;1-2H3. The molecule has 0 N–H and O–H groups in total. The van der Waals surface area contributed by atoms with Crippen LogP contribution >= 0.6 is 0 Å². The van der Waals surface area contributed by atoms with Crippen molar-refractivity contribution in [3.8, 4) is 0 Å². The zero-order valence-electron chi connectivity index (χ0n) is 13.7. The van der Waals surface area contributed by atoms with Crippen LogP contribution in [-0.4, -0.2) is 0 Å². The molecule has 0 radical (unpaired) electrons. The lowest BCUT2D eigenvalue weighted by molar-refractivity contribution is 0.672. The Morgan fingerprint density at radius 1 is 0.444 bits per heavy atom. The predicted molar refractivity (Wildman–Crippen MR) is 85.0 cm³/mol. The van der Waals surface area contributed by atoms with Crippen LogP contribution in [0, 0.1) is 0 Å². The quantitative estimate of drug-likeness (QED) is 0.414. The summed E-state index contributed by atoms with van der Waals surface area (Å²) >= 11 is 0. The molecule has 0 aromatic heterocycles. The Hall–Kier alpha value is -0.520. The fourth-order valence-corrected chi connectivity index (χ4v) is 2.41. The first-order valence-corrected chi connectivity index (χ1v) is 7.91. The van der Waals surface area contributed by atoms with Crippen LogP contribution in [-0.2, 0) is 0 Å². The van der Waals surface area contributed by atoms with Gasteiger partial charge in [0.25, 0.3) is 0 Å². The molecule has 0 bridgehead atoms. The molecule has 2 aliphatic carbocycles. The Kier molecular flexibility index (Phi) is 10.1. The Bertz CT molecular complexity index is 220. The fraction of sp³-hybridized carbons (Fsp3) is 0.778. The van der Waals surface area contributed by atoms with E-state index in [4.69, 9.17) is 0 Å². The molecule has 0 atom stereocenters. The molecule has 0 saturated heterocycles. The van der Waals surface area contributed by atoms with Gasteiger partial charge in [0.15, 0.2) is 0 Å². The topological polar surface area (TPSA) is 0 Å². The van der Waals surface area contributed by atoms with E-state index in [-0.39, 0.29) is 0 Å². The van der Waals surface area contributed by atoms with Crippen LogP contribution in [0.1, 0.15) is 92.9 Å². The van der Waals surface area contributed by atoms with Crippen molar-refractivity contribution in [2.75, 3.05) is 0 Å². The SMILES string of the molecule is CC.CC1=C(C)CCCC1.CC1=C(C)CCCC1. The van der Waals surface area contributed by atoms with Gasteiger partial charge < -0.3 is 0 Å². The number of allylic oxidation sites excluding steroid dienone is 4. The van der Waals surface area contributed by atoms with Crippen LogP contribution in [0.2, 0.25) is 0 Å². The first kappa shape index (κ1) is 17.5. The van der Waals surface area contributed by atoms with Crippen molar-refractivity contribution in [1.82, 2.24) is 0 Å². The number of rotatable bonds is 0. The third-order valence-corrected chi connectivity index (χ3v) is 4.16. The molecule has 0 nitrogen and oxygen atoms in total. The Labute approximate surface area is 116 Å². The van der Waals surface area contributed by atoms with Crippen LogP contribution in [0.5, 0.6) is 0 Å². The second-order valence-electron chi connectivity index (χ2n) is 5.54. The molecular formula is C18H34. The molecule has 18 heavy (non-hydrogen) atoms. The highest BCUT2D eigenvalue weighted by Crippen LogP contribution is 2.23. The second kappa shape index (κ2) is 10.4. The van der Waals surface area contributed by atoms with Crippen LogP contribution in [0.25, 0.3) is 0 Å².